The second-order valence-electron chi connectivity index (χ2n) is 4.59. The third-order valence-corrected chi connectivity index (χ3v) is 3.94. The number of carbonyl (C=O) groups is 1. The standard InChI is InChI=1S/C16H18O3S/c1-11-7-15(12(2)20-11)16(17)10-19-9-13-5-4-6-14(8-13)18-3/h4-8H,9-10H2,1-3H3. The van der Waals surface area contributed by atoms with Gasteiger partial charge in [0.15, 0.2) is 5.78 Å². The topological polar surface area (TPSA) is 35.5 Å². The summed E-state index contributed by atoms with van der Waals surface area (Å²) in [4.78, 5) is 14.3. The molecule has 4 heteroatoms. The van der Waals surface area contributed by atoms with Gasteiger partial charge in [0.2, 0.25) is 0 Å². The number of ketones is 1. The van der Waals surface area contributed by atoms with Crippen LogP contribution in [-0.4, -0.2) is 19.5 Å². The van der Waals surface area contributed by atoms with Gasteiger partial charge in [0, 0.05) is 15.3 Å². The fraction of sp³-hybridized carbons (Fsp3) is 0.312. The average Bonchev–Trinajstić information content (AvgIpc) is 2.78. The minimum absolute atomic E-state index is 0.0368. The first kappa shape index (κ1) is 14.8. The summed E-state index contributed by atoms with van der Waals surface area (Å²) < 4.78 is 10.6. The van der Waals surface area contributed by atoms with Crippen LogP contribution in [0.4, 0.5) is 0 Å². The Balaban J connectivity index is 1.89. The minimum Gasteiger partial charge on any atom is -0.497 e. The third-order valence-electron chi connectivity index (χ3n) is 2.98. The van der Waals surface area contributed by atoms with Crippen molar-refractivity contribution >= 4 is 17.1 Å². The van der Waals surface area contributed by atoms with Crippen LogP contribution in [0.15, 0.2) is 30.3 Å². The number of methoxy groups -OCH3 is 1. The van der Waals surface area contributed by atoms with Crippen LogP contribution in [0.3, 0.4) is 0 Å². The summed E-state index contributed by atoms with van der Waals surface area (Å²) in [6, 6.07) is 9.58. The van der Waals surface area contributed by atoms with Gasteiger partial charge in [-0.3, -0.25) is 4.79 Å². The number of hydrogen-bond acceptors (Lipinski definition) is 4. The van der Waals surface area contributed by atoms with Gasteiger partial charge in [0.1, 0.15) is 12.4 Å². The van der Waals surface area contributed by atoms with E-state index in [0.717, 1.165) is 26.6 Å². The lowest BCUT2D eigenvalue weighted by Crippen LogP contribution is -2.09. The van der Waals surface area contributed by atoms with Crippen LogP contribution >= 0.6 is 11.3 Å². The molecule has 0 bridgehead atoms. The van der Waals surface area contributed by atoms with Crippen molar-refractivity contribution in [3.05, 3.63) is 51.2 Å². The summed E-state index contributed by atoms with van der Waals surface area (Å²) in [6.07, 6.45) is 0. The Bertz CT molecular complexity index is 602. The quantitative estimate of drug-likeness (QED) is 0.760. The Morgan fingerprint density at radius 3 is 2.70 bits per heavy atom. The summed E-state index contributed by atoms with van der Waals surface area (Å²) in [5.74, 6) is 0.830. The van der Waals surface area contributed by atoms with Gasteiger partial charge in [-0.25, -0.2) is 0 Å². The van der Waals surface area contributed by atoms with Crippen molar-refractivity contribution in [1.29, 1.82) is 0 Å². The number of ether oxygens (including phenoxy) is 2. The van der Waals surface area contributed by atoms with E-state index in [1.54, 1.807) is 18.4 Å². The van der Waals surface area contributed by atoms with Crippen molar-refractivity contribution in [2.45, 2.75) is 20.5 Å². The SMILES string of the molecule is COc1cccc(COCC(=O)c2cc(C)sc2C)c1. The number of rotatable bonds is 6. The summed E-state index contributed by atoms with van der Waals surface area (Å²) in [5.41, 5.74) is 1.77. The van der Waals surface area contributed by atoms with Crippen LogP contribution in [0.5, 0.6) is 5.75 Å². The van der Waals surface area contributed by atoms with Gasteiger partial charge >= 0.3 is 0 Å². The number of thiophene rings is 1. The molecule has 0 aliphatic rings. The highest BCUT2D eigenvalue weighted by Crippen LogP contribution is 2.21. The van der Waals surface area contributed by atoms with Gasteiger partial charge in [-0.15, -0.1) is 11.3 Å². The van der Waals surface area contributed by atoms with Crippen molar-refractivity contribution in [2.75, 3.05) is 13.7 Å². The van der Waals surface area contributed by atoms with Crippen LogP contribution in [0.2, 0.25) is 0 Å². The van der Waals surface area contributed by atoms with Crippen molar-refractivity contribution < 1.29 is 14.3 Å². The molecule has 0 unspecified atom stereocenters. The molecule has 2 rings (SSSR count). The van der Waals surface area contributed by atoms with Crippen molar-refractivity contribution in [1.82, 2.24) is 0 Å². The Morgan fingerprint density at radius 1 is 1.25 bits per heavy atom. The number of aryl methyl sites for hydroxylation is 2. The zero-order valence-corrected chi connectivity index (χ0v) is 12.8. The monoisotopic (exact) mass is 290 g/mol. The lowest BCUT2D eigenvalue weighted by atomic mass is 10.2. The molecule has 20 heavy (non-hydrogen) atoms. The van der Waals surface area contributed by atoms with E-state index < -0.39 is 0 Å². The molecule has 0 radical (unpaired) electrons. The van der Waals surface area contributed by atoms with Crippen molar-refractivity contribution in [3.63, 3.8) is 0 Å². The number of hydrogen-bond donors (Lipinski definition) is 0. The highest BCUT2D eigenvalue weighted by molar-refractivity contribution is 7.12. The molecule has 3 nitrogen and oxygen atoms in total. The fourth-order valence-electron chi connectivity index (χ4n) is 2.01. The summed E-state index contributed by atoms with van der Waals surface area (Å²) in [7, 11) is 1.63. The van der Waals surface area contributed by atoms with Crippen LogP contribution < -0.4 is 4.74 Å². The van der Waals surface area contributed by atoms with Crippen LogP contribution in [0.25, 0.3) is 0 Å². The molecule has 0 saturated carbocycles. The van der Waals surface area contributed by atoms with Gasteiger partial charge < -0.3 is 9.47 Å². The van der Waals surface area contributed by atoms with E-state index in [1.807, 2.05) is 44.2 Å². The molecular weight excluding hydrogens is 272 g/mol. The molecular formula is C16H18O3S. The molecule has 0 spiro atoms. The van der Waals surface area contributed by atoms with Gasteiger partial charge in [0.05, 0.1) is 13.7 Å². The van der Waals surface area contributed by atoms with Gasteiger partial charge in [0.25, 0.3) is 0 Å². The molecule has 1 aromatic carbocycles. The Hall–Kier alpha value is -1.65. The molecule has 0 saturated heterocycles. The zero-order valence-electron chi connectivity index (χ0n) is 11.9. The molecule has 0 fully saturated rings. The first-order valence-corrected chi connectivity index (χ1v) is 7.22. The van der Waals surface area contributed by atoms with Gasteiger partial charge in [-0.2, -0.15) is 0 Å². The Labute approximate surface area is 123 Å². The molecule has 1 aromatic heterocycles. The second kappa shape index (κ2) is 6.68. The molecule has 0 amide bonds. The number of benzene rings is 1. The molecule has 0 aliphatic carbocycles. The predicted molar refractivity (Wildman–Crippen MR) is 80.8 cm³/mol. The van der Waals surface area contributed by atoms with E-state index in [9.17, 15) is 4.79 Å². The Kier molecular flexibility index (Phi) is 4.93. The lowest BCUT2D eigenvalue weighted by Gasteiger charge is -2.05. The maximum absolute atomic E-state index is 12.0. The van der Waals surface area contributed by atoms with E-state index in [4.69, 9.17) is 9.47 Å². The van der Waals surface area contributed by atoms with E-state index in [-0.39, 0.29) is 12.4 Å². The largest absolute Gasteiger partial charge is 0.497 e. The maximum atomic E-state index is 12.0. The molecule has 1 heterocycles. The number of Topliss-reactive ketones (excluding diaryl/α,β-unsaturated/α-hetero) is 1. The van der Waals surface area contributed by atoms with Crippen LogP contribution in [-0.2, 0) is 11.3 Å². The summed E-state index contributed by atoms with van der Waals surface area (Å²) in [5, 5.41) is 0. The lowest BCUT2D eigenvalue weighted by molar-refractivity contribution is 0.0726. The molecule has 0 aliphatic heterocycles. The molecule has 2 aromatic rings. The maximum Gasteiger partial charge on any atom is 0.189 e. The molecule has 106 valence electrons. The molecule has 0 atom stereocenters. The molecule has 0 N–H and O–H groups in total. The predicted octanol–water partition coefficient (Wildman–Crippen LogP) is 3.77. The van der Waals surface area contributed by atoms with E-state index in [1.165, 1.54) is 0 Å². The first-order valence-electron chi connectivity index (χ1n) is 6.41. The minimum atomic E-state index is 0.0368. The van der Waals surface area contributed by atoms with E-state index in [2.05, 4.69) is 0 Å². The van der Waals surface area contributed by atoms with Crippen molar-refractivity contribution in [2.24, 2.45) is 0 Å². The summed E-state index contributed by atoms with van der Waals surface area (Å²) >= 11 is 1.64. The van der Waals surface area contributed by atoms with Crippen LogP contribution in [0, 0.1) is 13.8 Å². The smallest absolute Gasteiger partial charge is 0.189 e. The highest BCUT2D eigenvalue weighted by Gasteiger charge is 2.12. The van der Waals surface area contributed by atoms with Crippen LogP contribution in [0.1, 0.15) is 25.7 Å². The Morgan fingerprint density at radius 2 is 2.05 bits per heavy atom. The fourth-order valence-corrected chi connectivity index (χ4v) is 2.95. The normalized spacial score (nSPS) is 10.6. The first-order chi connectivity index (χ1) is 9.60. The highest BCUT2D eigenvalue weighted by atomic mass is 32.1. The van der Waals surface area contributed by atoms with E-state index in [0.29, 0.717) is 6.61 Å². The number of carbonyl (C=O) groups excluding carboxylic acids is 1. The van der Waals surface area contributed by atoms with Crippen molar-refractivity contribution in [3.8, 4) is 5.75 Å². The second-order valence-corrected chi connectivity index (χ2v) is 6.05. The zero-order chi connectivity index (χ0) is 14.5. The van der Waals surface area contributed by atoms with E-state index >= 15 is 0 Å². The van der Waals surface area contributed by atoms with Gasteiger partial charge in [-0.1, -0.05) is 12.1 Å². The summed E-state index contributed by atoms with van der Waals surface area (Å²) in [6.45, 7) is 4.48. The third kappa shape index (κ3) is 3.68. The van der Waals surface area contributed by atoms with Gasteiger partial charge in [-0.05, 0) is 37.6 Å². The average molecular weight is 290 g/mol.